The largest absolute Gasteiger partial charge is 0.387 e. The van der Waals surface area contributed by atoms with Crippen molar-refractivity contribution in [3.8, 4) is 0 Å². The summed E-state index contributed by atoms with van der Waals surface area (Å²) in [6.45, 7) is 2.45. The summed E-state index contributed by atoms with van der Waals surface area (Å²) in [5, 5.41) is 12.9. The molecule has 0 aromatic heterocycles. The highest BCUT2D eigenvalue weighted by Gasteiger charge is 2.30. The number of nitrogens with one attached hydrogen (secondary N) is 1. The van der Waals surface area contributed by atoms with Gasteiger partial charge in [-0.3, -0.25) is 0 Å². The van der Waals surface area contributed by atoms with Crippen LogP contribution in [-0.4, -0.2) is 49.3 Å². The molecule has 0 aromatic rings. The van der Waals surface area contributed by atoms with E-state index in [0.29, 0.717) is 0 Å². The third-order valence-electron chi connectivity index (χ3n) is 1.83. The predicted octanol–water partition coefficient (Wildman–Crippen LogP) is -0.728. The van der Waals surface area contributed by atoms with Crippen molar-refractivity contribution in [2.45, 2.75) is 12.0 Å². The monoisotopic (exact) mass is 144 g/mol. The lowest BCUT2D eigenvalue weighted by Crippen LogP contribution is -2.41. The normalized spacial score (nSPS) is 33.6. The lowest BCUT2D eigenvalue weighted by Gasteiger charge is -2.24. The fourth-order valence-electron chi connectivity index (χ4n) is 1.45. The first-order valence-electron chi connectivity index (χ1n) is 3.70. The van der Waals surface area contributed by atoms with E-state index in [9.17, 15) is 5.11 Å². The molecule has 1 saturated heterocycles. The van der Waals surface area contributed by atoms with Gasteiger partial charge in [-0.15, -0.1) is 0 Å². The summed E-state index contributed by atoms with van der Waals surface area (Å²) in [6, 6.07) is 0. The molecule has 1 heterocycles. The van der Waals surface area contributed by atoms with Gasteiger partial charge in [-0.2, -0.15) is 0 Å². The van der Waals surface area contributed by atoms with Gasteiger partial charge in [0.05, 0.1) is 5.60 Å². The van der Waals surface area contributed by atoms with Gasteiger partial charge in [-0.25, -0.2) is 0 Å². The Labute approximate surface area is 62.0 Å². The molecule has 1 fully saturated rings. The van der Waals surface area contributed by atoms with Crippen molar-refractivity contribution in [2.75, 3.05) is 33.7 Å². The van der Waals surface area contributed by atoms with Crippen LogP contribution in [0.5, 0.6) is 0 Å². The second kappa shape index (κ2) is 2.86. The fraction of sp³-hybridized carbons (Fsp3) is 1.00. The average molecular weight is 144 g/mol. The van der Waals surface area contributed by atoms with E-state index in [2.05, 4.69) is 5.32 Å². The van der Waals surface area contributed by atoms with Crippen LogP contribution in [0, 0.1) is 0 Å². The number of β-amino-alcohol motifs (C(OH)–C–C–N with tert-alkyl or cyclic N) is 1. The molecule has 1 unspecified atom stereocenters. The molecular formula is C7H16N2O. The molecule has 60 valence electrons. The number of likely N-dealkylation sites (N-methyl/N-ethyl adjacent to an activating group) is 1. The maximum absolute atomic E-state index is 9.76. The van der Waals surface area contributed by atoms with Crippen LogP contribution in [0.3, 0.4) is 0 Å². The zero-order valence-electron chi connectivity index (χ0n) is 6.72. The maximum Gasteiger partial charge on any atom is 0.0909 e. The molecule has 1 aliphatic rings. The van der Waals surface area contributed by atoms with Gasteiger partial charge in [0.2, 0.25) is 0 Å². The van der Waals surface area contributed by atoms with Crippen molar-refractivity contribution in [3.63, 3.8) is 0 Å². The van der Waals surface area contributed by atoms with E-state index < -0.39 is 5.60 Å². The molecule has 0 radical (unpaired) electrons. The summed E-state index contributed by atoms with van der Waals surface area (Å²) in [7, 11) is 3.96. The first kappa shape index (κ1) is 7.98. The van der Waals surface area contributed by atoms with Crippen LogP contribution in [-0.2, 0) is 0 Å². The molecule has 2 N–H and O–H groups in total. The Morgan fingerprint density at radius 3 is 2.70 bits per heavy atom. The lowest BCUT2D eigenvalue weighted by molar-refractivity contribution is 0.0349. The first-order chi connectivity index (χ1) is 4.62. The zero-order chi connectivity index (χ0) is 7.61. The fourth-order valence-corrected chi connectivity index (χ4v) is 1.45. The molecule has 10 heavy (non-hydrogen) atoms. The number of aliphatic hydroxyl groups is 1. The summed E-state index contributed by atoms with van der Waals surface area (Å²) in [4.78, 5) is 2.02. The average Bonchev–Trinajstić information content (AvgIpc) is 2.12. The molecular weight excluding hydrogens is 128 g/mol. The molecule has 0 amide bonds. The number of rotatable bonds is 2. The minimum Gasteiger partial charge on any atom is -0.387 e. The Balaban J connectivity index is 2.36. The molecule has 0 spiro atoms. The zero-order valence-corrected chi connectivity index (χ0v) is 6.72. The van der Waals surface area contributed by atoms with E-state index >= 15 is 0 Å². The van der Waals surface area contributed by atoms with Crippen LogP contribution in [0.25, 0.3) is 0 Å². The van der Waals surface area contributed by atoms with Crippen molar-refractivity contribution >= 4 is 0 Å². The van der Waals surface area contributed by atoms with Crippen molar-refractivity contribution in [2.24, 2.45) is 0 Å². The van der Waals surface area contributed by atoms with E-state index in [4.69, 9.17) is 0 Å². The molecule has 0 saturated carbocycles. The SMILES string of the molecule is CN(C)CC1(O)CCNC1. The van der Waals surface area contributed by atoms with Gasteiger partial charge in [0.15, 0.2) is 0 Å². The van der Waals surface area contributed by atoms with Crippen molar-refractivity contribution in [1.82, 2.24) is 10.2 Å². The molecule has 1 atom stereocenters. The molecule has 3 nitrogen and oxygen atoms in total. The lowest BCUT2D eigenvalue weighted by atomic mass is 10.0. The minimum atomic E-state index is -0.469. The topological polar surface area (TPSA) is 35.5 Å². The summed E-state index contributed by atoms with van der Waals surface area (Å²) in [5.41, 5.74) is -0.469. The summed E-state index contributed by atoms with van der Waals surface area (Å²) < 4.78 is 0. The predicted molar refractivity (Wildman–Crippen MR) is 41.0 cm³/mol. The Morgan fingerprint density at radius 1 is 1.60 bits per heavy atom. The van der Waals surface area contributed by atoms with Gasteiger partial charge < -0.3 is 15.3 Å². The number of hydrogen-bond donors (Lipinski definition) is 2. The molecule has 0 aliphatic carbocycles. The van der Waals surface area contributed by atoms with Crippen LogP contribution in [0.4, 0.5) is 0 Å². The molecule has 1 aliphatic heterocycles. The highest BCUT2D eigenvalue weighted by molar-refractivity contribution is 4.89. The van der Waals surface area contributed by atoms with Crippen LogP contribution < -0.4 is 5.32 Å². The van der Waals surface area contributed by atoms with Crippen LogP contribution >= 0.6 is 0 Å². The summed E-state index contributed by atoms with van der Waals surface area (Å²) >= 11 is 0. The third-order valence-corrected chi connectivity index (χ3v) is 1.83. The van der Waals surface area contributed by atoms with Gasteiger partial charge in [-0.05, 0) is 27.1 Å². The minimum absolute atomic E-state index is 0.469. The van der Waals surface area contributed by atoms with Crippen molar-refractivity contribution in [3.05, 3.63) is 0 Å². The molecule has 0 bridgehead atoms. The van der Waals surface area contributed by atoms with E-state index in [1.54, 1.807) is 0 Å². The van der Waals surface area contributed by atoms with E-state index in [-0.39, 0.29) is 0 Å². The molecule has 3 heteroatoms. The maximum atomic E-state index is 9.76. The Hall–Kier alpha value is -0.120. The van der Waals surface area contributed by atoms with Gasteiger partial charge >= 0.3 is 0 Å². The summed E-state index contributed by atoms with van der Waals surface area (Å²) in [6.07, 6.45) is 0.880. The second-order valence-electron chi connectivity index (χ2n) is 3.39. The van der Waals surface area contributed by atoms with Crippen molar-refractivity contribution in [1.29, 1.82) is 0 Å². The molecule has 1 rings (SSSR count). The van der Waals surface area contributed by atoms with Crippen LogP contribution in [0.15, 0.2) is 0 Å². The third kappa shape index (κ3) is 1.94. The van der Waals surface area contributed by atoms with Gasteiger partial charge in [-0.1, -0.05) is 0 Å². The van der Waals surface area contributed by atoms with E-state index in [0.717, 1.165) is 26.1 Å². The van der Waals surface area contributed by atoms with Gasteiger partial charge in [0.25, 0.3) is 0 Å². The second-order valence-corrected chi connectivity index (χ2v) is 3.39. The highest BCUT2D eigenvalue weighted by atomic mass is 16.3. The van der Waals surface area contributed by atoms with E-state index in [1.807, 2.05) is 19.0 Å². The number of hydrogen-bond acceptors (Lipinski definition) is 3. The van der Waals surface area contributed by atoms with Crippen molar-refractivity contribution < 1.29 is 5.11 Å². The summed E-state index contributed by atoms with van der Waals surface area (Å²) in [5.74, 6) is 0. The number of nitrogens with zero attached hydrogens (tertiary/aromatic N) is 1. The highest BCUT2D eigenvalue weighted by Crippen LogP contribution is 2.14. The van der Waals surface area contributed by atoms with E-state index in [1.165, 1.54) is 0 Å². The smallest absolute Gasteiger partial charge is 0.0909 e. The first-order valence-corrected chi connectivity index (χ1v) is 3.70. The quantitative estimate of drug-likeness (QED) is 0.536. The standard InChI is InChI=1S/C7H16N2O/c1-9(2)6-7(10)3-4-8-5-7/h8,10H,3-6H2,1-2H3. The molecule has 0 aromatic carbocycles. The van der Waals surface area contributed by atoms with Crippen LogP contribution in [0.1, 0.15) is 6.42 Å². The Morgan fingerprint density at radius 2 is 2.30 bits per heavy atom. The Bertz CT molecular complexity index is 108. The van der Waals surface area contributed by atoms with Gasteiger partial charge in [0, 0.05) is 13.1 Å². The van der Waals surface area contributed by atoms with Crippen LogP contribution in [0.2, 0.25) is 0 Å². The Kier molecular flexibility index (Phi) is 2.28. The van der Waals surface area contributed by atoms with Gasteiger partial charge in [0.1, 0.15) is 0 Å².